The summed E-state index contributed by atoms with van der Waals surface area (Å²) in [6, 6.07) is 18.7. The van der Waals surface area contributed by atoms with Crippen LogP contribution in [0.3, 0.4) is 0 Å². The van der Waals surface area contributed by atoms with Gasteiger partial charge in [0.15, 0.2) is 0 Å². The Morgan fingerprint density at radius 1 is 1.05 bits per heavy atom. The summed E-state index contributed by atoms with van der Waals surface area (Å²) >= 11 is 12.7. The van der Waals surface area contributed by atoms with E-state index in [0.29, 0.717) is 10.0 Å². The van der Waals surface area contributed by atoms with Crippen LogP contribution in [-0.4, -0.2) is 31.4 Å². The van der Waals surface area contributed by atoms with E-state index in [9.17, 15) is 4.21 Å². The molecule has 2 atom stereocenters. The number of halogens is 2. The van der Waals surface area contributed by atoms with Crippen LogP contribution in [-0.2, 0) is 17.4 Å². The molecule has 38 heavy (non-hydrogen) atoms. The summed E-state index contributed by atoms with van der Waals surface area (Å²) in [5.41, 5.74) is 6.44. The van der Waals surface area contributed by atoms with Crippen LogP contribution in [0.4, 0.5) is 5.69 Å². The van der Waals surface area contributed by atoms with E-state index in [1.54, 1.807) is 6.07 Å². The van der Waals surface area contributed by atoms with Crippen LogP contribution in [0, 0.1) is 5.41 Å². The second-order valence-electron chi connectivity index (χ2n) is 11.5. The largest absolute Gasteiger partial charge is 0.371 e. The van der Waals surface area contributed by atoms with Gasteiger partial charge in [0, 0.05) is 42.8 Å². The van der Waals surface area contributed by atoms with E-state index in [-0.39, 0.29) is 16.2 Å². The molecule has 1 aliphatic carbocycles. The number of benzene rings is 2. The summed E-state index contributed by atoms with van der Waals surface area (Å²) in [5, 5.41) is 1.05. The summed E-state index contributed by atoms with van der Waals surface area (Å²) < 4.78 is 18.4. The normalized spacial score (nSPS) is 19.7. The van der Waals surface area contributed by atoms with E-state index in [0.717, 1.165) is 49.3 Å². The van der Waals surface area contributed by atoms with Gasteiger partial charge in [0.1, 0.15) is 5.65 Å². The molecule has 2 aliphatic rings. The molecule has 0 saturated carbocycles. The molecule has 0 radical (unpaired) electrons. The van der Waals surface area contributed by atoms with Gasteiger partial charge in [-0.15, -0.1) is 0 Å². The van der Waals surface area contributed by atoms with Gasteiger partial charge in [-0.1, -0.05) is 59.6 Å². The molecule has 1 N–H and O–H groups in total. The number of hydrogen-bond donors (Lipinski definition) is 1. The minimum atomic E-state index is -1.13. The highest BCUT2D eigenvalue weighted by atomic mass is 35.5. The number of fused-ring (bicyclic) bond motifs is 2. The summed E-state index contributed by atoms with van der Waals surface area (Å²) in [6.45, 7) is 7.98. The Labute approximate surface area is 236 Å². The molecular weight excluding hydrogens is 535 g/mol. The number of pyridine rings is 1. The minimum absolute atomic E-state index is 0.0645. The first-order chi connectivity index (χ1) is 18.1. The Balaban J connectivity index is 1.24. The zero-order chi connectivity index (χ0) is 26.7. The molecule has 1 fully saturated rings. The van der Waals surface area contributed by atoms with E-state index in [1.165, 1.54) is 16.8 Å². The van der Waals surface area contributed by atoms with Crippen molar-refractivity contribution in [2.24, 2.45) is 5.41 Å². The number of piperidine rings is 1. The lowest BCUT2D eigenvalue weighted by Crippen LogP contribution is -2.47. The van der Waals surface area contributed by atoms with Gasteiger partial charge in [0.25, 0.3) is 0 Å². The molecule has 1 saturated heterocycles. The van der Waals surface area contributed by atoms with Crippen molar-refractivity contribution in [3.8, 4) is 11.3 Å². The molecule has 0 unspecified atom stereocenters. The molecule has 5 nitrogen and oxygen atoms in total. The van der Waals surface area contributed by atoms with Gasteiger partial charge in [0.2, 0.25) is 0 Å². The molecular formula is C30H32Cl2N4OS. The fraction of sp³-hybridized carbons (Fsp3) is 0.367. The molecule has 3 heterocycles. The average Bonchev–Trinajstić information content (AvgIpc) is 3.44. The number of rotatable bonds is 4. The molecule has 4 aromatic rings. The first-order valence-electron chi connectivity index (χ1n) is 13.1. The molecule has 0 bridgehead atoms. The predicted molar refractivity (Wildman–Crippen MR) is 158 cm³/mol. The highest BCUT2D eigenvalue weighted by Gasteiger charge is 2.48. The quantitative estimate of drug-likeness (QED) is 0.283. The third-order valence-electron chi connectivity index (χ3n) is 8.10. The van der Waals surface area contributed by atoms with Crippen LogP contribution < -0.4 is 9.62 Å². The lowest BCUT2D eigenvalue weighted by Gasteiger charge is -2.44. The van der Waals surface area contributed by atoms with Crippen LogP contribution >= 0.6 is 23.2 Å². The van der Waals surface area contributed by atoms with Gasteiger partial charge in [-0.3, -0.25) is 0 Å². The topological polar surface area (TPSA) is 49.6 Å². The fourth-order valence-corrected chi connectivity index (χ4v) is 7.28. The van der Waals surface area contributed by atoms with Crippen molar-refractivity contribution in [3.63, 3.8) is 0 Å². The zero-order valence-corrected chi connectivity index (χ0v) is 24.2. The number of anilines is 1. The maximum atomic E-state index is 13.2. The summed E-state index contributed by atoms with van der Waals surface area (Å²) in [4.78, 5) is 7.31. The minimum Gasteiger partial charge on any atom is -0.371 e. The Hall–Kier alpha value is -2.38. The van der Waals surface area contributed by atoms with Crippen molar-refractivity contribution in [1.29, 1.82) is 0 Å². The molecule has 8 heteroatoms. The van der Waals surface area contributed by atoms with Gasteiger partial charge >= 0.3 is 0 Å². The first kappa shape index (κ1) is 25.9. The molecule has 2 aromatic heterocycles. The first-order valence-corrected chi connectivity index (χ1v) is 15.0. The molecule has 0 amide bonds. The number of aromatic nitrogens is 2. The second-order valence-corrected chi connectivity index (χ2v) is 14.3. The van der Waals surface area contributed by atoms with Crippen LogP contribution in [0.1, 0.15) is 50.8 Å². The second kappa shape index (κ2) is 9.67. The SMILES string of the molecule is CC(C)(C)[S@@](=O)N[C@@H]1c2ccccc2CC12CCN(c1ccn3cc(-c4cccc(Cl)c4Cl)nc3c1)CC2. The highest BCUT2D eigenvalue weighted by molar-refractivity contribution is 7.84. The van der Waals surface area contributed by atoms with Crippen molar-refractivity contribution < 1.29 is 4.21 Å². The van der Waals surface area contributed by atoms with E-state index in [2.05, 4.69) is 52.2 Å². The fourth-order valence-electron chi connectivity index (χ4n) is 5.94. The number of nitrogens with one attached hydrogen (secondary N) is 1. The summed E-state index contributed by atoms with van der Waals surface area (Å²) in [7, 11) is -1.13. The maximum Gasteiger partial charge on any atom is 0.139 e. The molecule has 6 rings (SSSR count). The number of hydrogen-bond acceptors (Lipinski definition) is 3. The van der Waals surface area contributed by atoms with Gasteiger partial charge < -0.3 is 9.30 Å². The Kier molecular flexibility index (Phi) is 6.58. The predicted octanol–water partition coefficient (Wildman–Crippen LogP) is 7.24. The monoisotopic (exact) mass is 566 g/mol. The van der Waals surface area contributed by atoms with Crippen LogP contribution in [0.2, 0.25) is 10.0 Å². The van der Waals surface area contributed by atoms with Crippen molar-refractivity contribution in [2.45, 2.75) is 50.8 Å². The van der Waals surface area contributed by atoms with Gasteiger partial charge in [-0.2, -0.15) is 0 Å². The van der Waals surface area contributed by atoms with E-state index in [4.69, 9.17) is 28.2 Å². The Morgan fingerprint density at radius 3 is 2.58 bits per heavy atom. The van der Waals surface area contributed by atoms with E-state index >= 15 is 0 Å². The lowest BCUT2D eigenvalue weighted by atomic mass is 9.73. The average molecular weight is 568 g/mol. The van der Waals surface area contributed by atoms with E-state index in [1.807, 2.05) is 43.5 Å². The summed E-state index contributed by atoms with van der Waals surface area (Å²) in [5.74, 6) is 0. The zero-order valence-electron chi connectivity index (χ0n) is 21.9. The van der Waals surface area contributed by atoms with E-state index < -0.39 is 11.0 Å². The standard InChI is InChI=1S/C30H32Cl2N4OS/c1-29(2,3)38(37)34-28-22-8-5-4-7-20(22)18-30(28)12-15-35(16-13-30)21-11-14-36-19-25(33-26(36)17-21)23-9-6-10-24(31)27(23)32/h4-11,14,17,19,28,34H,12-13,15-16,18H2,1-3H3/t28-,38-/m1/s1. The van der Waals surface area contributed by atoms with Crippen molar-refractivity contribution >= 4 is 45.5 Å². The molecule has 1 aliphatic heterocycles. The summed E-state index contributed by atoms with van der Waals surface area (Å²) in [6.07, 6.45) is 7.14. The van der Waals surface area contributed by atoms with Crippen molar-refractivity contribution in [3.05, 3.63) is 88.2 Å². The third-order valence-corrected chi connectivity index (χ3v) is 10.5. The third kappa shape index (κ3) is 4.56. The molecule has 2 aromatic carbocycles. The Bertz CT molecular complexity index is 1540. The smallest absolute Gasteiger partial charge is 0.139 e. The van der Waals surface area contributed by atoms with Crippen molar-refractivity contribution in [2.75, 3.05) is 18.0 Å². The number of nitrogens with zero attached hydrogens (tertiary/aromatic N) is 3. The van der Waals surface area contributed by atoms with Crippen LogP contribution in [0.15, 0.2) is 67.0 Å². The lowest BCUT2D eigenvalue weighted by molar-refractivity contribution is 0.177. The van der Waals surface area contributed by atoms with Crippen LogP contribution in [0.5, 0.6) is 0 Å². The van der Waals surface area contributed by atoms with Gasteiger partial charge in [-0.05, 0) is 68.7 Å². The Morgan fingerprint density at radius 2 is 1.82 bits per heavy atom. The number of imidazole rings is 1. The maximum absolute atomic E-state index is 13.2. The van der Waals surface area contributed by atoms with Gasteiger partial charge in [0.05, 0.1) is 37.5 Å². The van der Waals surface area contributed by atoms with Crippen LogP contribution in [0.25, 0.3) is 16.9 Å². The van der Waals surface area contributed by atoms with Gasteiger partial charge in [-0.25, -0.2) is 13.9 Å². The van der Waals surface area contributed by atoms with Crippen molar-refractivity contribution in [1.82, 2.24) is 14.1 Å². The molecule has 198 valence electrons. The molecule has 1 spiro atoms. The highest BCUT2D eigenvalue weighted by Crippen LogP contribution is 2.52.